The van der Waals surface area contributed by atoms with Crippen LogP contribution < -0.4 is 14.8 Å². The molecule has 1 N–H and O–H groups in total. The van der Waals surface area contributed by atoms with Crippen molar-refractivity contribution in [3.8, 4) is 11.5 Å². The van der Waals surface area contributed by atoms with Gasteiger partial charge in [0, 0.05) is 22.2 Å². The molecule has 6 heteroatoms. The molecule has 23 heavy (non-hydrogen) atoms. The summed E-state index contributed by atoms with van der Waals surface area (Å²) in [4.78, 5) is 0. The lowest BCUT2D eigenvalue weighted by Crippen LogP contribution is -2.17. The molecule has 0 atom stereocenters. The minimum absolute atomic E-state index is 0. The van der Waals surface area contributed by atoms with Crippen LogP contribution in [0.3, 0.4) is 0 Å². The van der Waals surface area contributed by atoms with Gasteiger partial charge in [0.15, 0.2) is 11.5 Å². The van der Waals surface area contributed by atoms with Gasteiger partial charge in [-0.2, -0.15) is 0 Å². The molecule has 0 amide bonds. The molecule has 0 fully saturated rings. The summed E-state index contributed by atoms with van der Waals surface area (Å²) in [5, 5.41) is 4.73. The topological polar surface area (TPSA) is 30.5 Å². The van der Waals surface area contributed by atoms with Crippen molar-refractivity contribution in [2.24, 2.45) is 0 Å². The maximum absolute atomic E-state index is 6.14. The Bertz CT molecular complexity index is 615. The Morgan fingerprint density at radius 3 is 2.22 bits per heavy atom. The zero-order chi connectivity index (χ0) is 15.9. The Morgan fingerprint density at radius 1 is 0.957 bits per heavy atom. The van der Waals surface area contributed by atoms with Gasteiger partial charge in [-0.05, 0) is 42.8 Å². The first kappa shape index (κ1) is 19.9. The van der Waals surface area contributed by atoms with E-state index in [4.69, 9.17) is 32.7 Å². The fourth-order valence-electron chi connectivity index (χ4n) is 2.18. The third kappa shape index (κ3) is 5.47. The molecule has 0 bridgehead atoms. The van der Waals surface area contributed by atoms with Crippen molar-refractivity contribution in [2.45, 2.75) is 13.0 Å². The Balaban J connectivity index is 0.00000264. The van der Waals surface area contributed by atoms with Gasteiger partial charge in [-0.1, -0.05) is 35.3 Å². The highest BCUT2D eigenvalue weighted by Gasteiger charge is 2.06. The number of ether oxygens (including phenoxy) is 2. The maximum atomic E-state index is 6.14. The zero-order valence-electron chi connectivity index (χ0n) is 13.1. The van der Waals surface area contributed by atoms with Crippen molar-refractivity contribution in [1.82, 2.24) is 5.32 Å². The minimum Gasteiger partial charge on any atom is -0.493 e. The van der Waals surface area contributed by atoms with Crippen LogP contribution in [0.1, 0.15) is 11.1 Å². The second kappa shape index (κ2) is 9.89. The van der Waals surface area contributed by atoms with E-state index in [1.807, 2.05) is 36.4 Å². The predicted molar refractivity (Wildman–Crippen MR) is 98.7 cm³/mol. The second-order valence-electron chi connectivity index (χ2n) is 4.82. The number of rotatable bonds is 7. The number of halogens is 3. The lowest BCUT2D eigenvalue weighted by atomic mass is 10.1. The van der Waals surface area contributed by atoms with Crippen LogP contribution in [0.2, 0.25) is 10.0 Å². The fourth-order valence-corrected chi connectivity index (χ4v) is 2.71. The third-order valence-corrected chi connectivity index (χ3v) is 4.11. The first-order valence-corrected chi connectivity index (χ1v) is 7.75. The first-order chi connectivity index (χ1) is 10.7. The van der Waals surface area contributed by atoms with Crippen molar-refractivity contribution in [2.75, 3.05) is 20.8 Å². The van der Waals surface area contributed by atoms with Crippen LogP contribution >= 0.6 is 35.6 Å². The molecule has 0 aromatic heterocycles. The van der Waals surface area contributed by atoms with Crippen LogP contribution in [-0.4, -0.2) is 20.8 Å². The molecule has 0 unspecified atom stereocenters. The summed E-state index contributed by atoms with van der Waals surface area (Å²) in [7, 11) is 3.27. The largest absolute Gasteiger partial charge is 0.493 e. The molecule has 0 aliphatic rings. The summed E-state index contributed by atoms with van der Waals surface area (Å²) in [6.45, 7) is 1.46. The number of nitrogens with one attached hydrogen (secondary N) is 1. The van der Waals surface area contributed by atoms with Crippen molar-refractivity contribution in [1.29, 1.82) is 0 Å². The molecule has 2 rings (SSSR count). The van der Waals surface area contributed by atoms with Gasteiger partial charge in [0.2, 0.25) is 0 Å². The van der Waals surface area contributed by atoms with E-state index in [0.717, 1.165) is 30.0 Å². The smallest absolute Gasteiger partial charge is 0.160 e. The average molecular weight is 377 g/mol. The van der Waals surface area contributed by atoms with E-state index in [0.29, 0.717) is 16.6 Å². The number of hydrogen-bond donors (Lipinski definition) is 1. The molecule has 126 valence electrons. The summed E-state index contributed by atoms with van der Waals surface area (Å²) >= 11 is 12.3. The summed E-state index contributed by atoms with van der Waals surface area (Å²) in [5.74, 6) is 1.48. The van der Waals surface area contributed by atoms with Gasteiger partial charge in [-0.25, -0.2) is 0 Å². The Morgan fingerprint density at radius 2 is 1.61 bits per heavy atom. The second-order valence-corrected chi connectivity index (χ2v) is 5.63. The molecule has 0 saturated carbocycles. The molecular weight excluding hydrogens is 357 g/mol. The molecule has 2 aromatic carbocycles. The number of methoxy groups -OCH3 is 2. The van der Waals surface area contributed by atoms with Gasteiger partial charge in [0.05, 0.1) is 14.2 Å². The van der Waals surface area contributed by atoms with E-state index in [1.54, 1.807) is 14.2 Å². The molecule has 0 aliphatic carbocycles. The van der Waals surface area contributed by atoms with Crippen molar-refractivity contribution in [3.05, 3.63) is 57.6 Å². The lowest BCUT2D eigenvalue weighted by molar-refractivity contribution is 0.354. The zero-order valence-corrected chi connectivity index (χ0v) is 15.4. The van der Waals surface area contributed by atoms with Gasteiger partial charge in [-0.15, -0.1) is 12.4 Å². The summed E-state index contributed by atoms with van der Waals surface area (Å²) in [5.41, 5.74) is 2.11. The van der Waals surface area contributed by atoms with Crippen molar-refractivity contribution < 1.29 is 9.47 Å². The minimum atomic E-state index is 0. The van der Waals surface area contributed by atoms with Gasteiger partial charge < -0.3 is 14.8 Å². The highest BCUT2D eigenvalue weighted by atomic mass is 35.5. The van der Waals surface area contributed by atoms with Crippen LogP contribution in [0.4, 0.5) is 0 Å². The van der Waals surface area contributed by atoms with Crippen LogP contribution in [-0.2, 0) is 13.0 Å². The Kier molecular flexibility index (Phi) is 8.56. The standard InChI is InChI=1S/C17H19Cl2NO2.ClH/c1-21-16-7-6-12(10-17(16)22-2)8-9-20-11-13-14(18)4-3-5-15(13)19;/h3-7,10,20H,8-9,11H2,1-2H3;1H. The van der Waals surface area contributed by atoms with Crippen LogP contribution in [0.15, 0.2) is 36.4 Å². The molecule has 0 spiro atoms. The number of hydrogen-bond acceptors (Lipinski definition) is 3. The summed E-state index contributed by atoms with van der Waals surface area (Å²) in [6.07, 6.45) is 0.877. The van der Waals surface area contributed by atoms with E-state index in [-0.39, 0.29) is 12.4 Å². The normalized spacial score (nSPS) is 10.1. The highest BCUT2D eigenvalue weighted by molar-refractivity contribution is 6.35. The Hall–Kier alpha value is -1.13. The van der Waals surface area contributed by atoms with E-state index in [2.05, 4.69) is 5.32 Å². The maximum Gasteiger partial charge on any atom is 0.160 e. The Labute approximate surface area is 153 Å². The third-order valence-electron chi connectivity index (χ3n) is 3.40. The monoisotopic (exact) mass is 375 g/mol. The first-order valence-electron chi connectivity index (χ1n) is 7.00. The van der Waals surface area contributed by atoms with E-state index >= 15 is 0 Å². The lowest BCUT2D eigenvalue weighted by Gasteiger charge is -2.11. The van der Waals surface area contributed by atoms with Crippen molar-refractivity contribution >= 4 is 35.6 Å². The van der Waals surface area contributed by atoms with E-state index in [9.17, 15) is 0 Å². The van der Waals surface area contributed by atoms with E-state index in [1.165, 1.54) is 5.56 Å². The van der Waals surface area contributed by atoms with Crippen molar-refractivity contribution in [3.63, 3.8) is 0 Å². The highest BCUT2D eigenvalue weighted by Crippen LogP contribution is 2.27. The average Bonchev–Trinajstić information content (AvgIpc) is 2.53. The molecule has 0 heterocycles. The van der Waals surface area contributed by atoms with Crippen LogP contribution in [0, 0.1) is 0 Å². The number of benzene rings is 2. The molecule has 0 radical (unpaired) electrons. The predicted octanol–water partition coefficient (Wildman–Crippen LogP) is 4.76. The van der Waals surface area contributed by atoms with Gasteiger partial charge in [-0.3, -0.25) is 0 Å². The molecule has 0 saturated heterocycles. The quantitative estimate of drug-likeness (QED) is 0.706. The molecular formula is C17H20Cl3NO2. The van der Waals surface area contributed by atoms with Crippen LogP contribution in [0.25, 0.3) is 0 Å². The SMILES string of the molecule is COc1ccc(CCNCc2c(Cl)cccc2Cl)cc1OC.Cl. The molecule has 3 nitrogen and oxygen atoms in total. The summed E-state index contributed by atoms with van der Waals surface area (Å²) in [6, 6.07) is 11.5. The van der Waals surface area contributed by atoms with E-state index < -0.39 is 0 Å². The van der Waals surface area contributed by atoms with Gasteiger partial charge >= 0.3 is 0 Å². The summed E-state index contributed by atoms with van der Waals surface area (Å²) < 4.78 is 10.5. The van der Waals surface area contributed by atoms with Gasteiger partial charge in [0.25, 0.3) is 0 Å². The fraction of sp³-hybridized carbons (Fsp3) is 0.294. The van der Waals surface area contributed by atoms with Gasteiger partial charge in [0.1, 0.15) is 0 Å². The molecule has 0 aliphatic heterocycles. The van der Waals surface area contributed by atoms with Crippen LogP contribution in [0.5, 0.6) is 11.5 Å². The molecule has 2 aromatic rings.